The first-order valence-electron chi connectivity index (χ1n) is 10.4. The summed E-state index contributed by atoms with van der Waals surface area (Å²) in [4.78, 5) is 33.3. The molecule has 7 heteroatoms. The van der Waals surface area contributed by atoms with Crippen molar-refractivity contribution in [2.75, 3.05) is 38.0 Å². The standard InChI is InChI=1S/C24H26N4O2S/c1-18-17-31-23(25-18)15-24(30)28-13-11-27(12-14-28)16-22(29)26-21-9-7-20(8-10-21)19-5-3-2-4-6-19/h2-10,17H,11-16H2,1H3,(H,26,29). The van der Waals surface area contributed by atoms with Crippen LogP contribution in [0.4, 0.5) is 5.69 Å². The Balaban J connectivity index is 1.22. The molecule has 1 fully saturated rings. The van der Waals surface area contributed by atoms with E-state index in [-0.39, 0.29) is 11.8 Å². The summed E-state index contributed by atoms with van der Waals surface area (Å²) < 4.78 is 0. The van der Waals surface area contributed by atoms with Crippen LogP contribution in [0.15, 0.2) is 60.0 Å². The lowest BCUT2D eigenvalue weighted by Gasteiger charge is -2.34. The number of piperazine rings is 1. The van der Waals surface area contributed by atoms with Crippen molar-refractivity contribution in [1.29, 1.82) is 0 Å². The van der Waals surface area contributed by atoms with E-state index < -0.39 is 0 Å². The van der Waals surface area contributed by atoms with Gasteiger partial charge in [-0.25, -0.2) is 4.98 Å². The Morgan fingerprint density at radius 2 is 1.65 bits per heavy atom. The Kier molecular flexibility index (Phi) is 6.74. The molecule has 2 aromatic carbocycles. The first-order valence-corrected chi connectivity index (χ1v) is 11.3. The predicted molar refractivity (Wildman–Crippen MR) is 124 cm³/mol. The summed E-state index contributed by atoms with van der Waals surface area (Å²) in [6, 6.07) is 18.0. The van der Waals surface area contributed by atoms with Crippen molar-refractivity contribution in [3.8, 4) is 11.1 Å². The number of aryl methyl sites for hydroxylation is 1. The molecule has 0 bridgehead atoms. The SMILES string of the molecule is Cc1csc(CC(=O)N2CCN(CC(=O)Nc3ccc(-c4ccccc4)cc3)CC2)n1. The highest BCUT2D eigenvalue weighted by Gasteiger charge is 2.23. The predicted octanol–water partition coefficient (Wildman–Crippen LogP) is 3.44. The average molecular weight is 435 g/mol. The lowest BCUT2D eigenvalue weighted by molar-refractivity contribution is -0.132. The minimum atomic E-state index is -0.0366. The summed E-state index contributed by atoms with van der Waals surface area (Å²) in [6.45, 7) is 4.94. The summed E-state index contributed by atoms with van der Waals surface area (Å²) in [6.07, 6.45) is 0.359. The minimum absolute atomic E-state index is 0.0366. The van der Waals surface area contributed by atoms with Crippen LogP contribution >= 0.6 is 11.3 Å². The fourth-order valence-electron chi connectivity index (χ4n) is 3.66. The van der Waals surface area contributed by atoms with Crippen molar-refractivity contribution in [1.82, 2.24) is 14.8 Å². The summed E-state index contributed by atoms with van der Waals surface area (Å²) in [5.41, 5.74) is 4.01. The zero-order valence-corrected chi connectivity index (χ0v) is 18.4. The van der Waals surface area contributed by atoms with Gasteiger partial charge in [0.15, 0.2) is 0 Å². The molecule has 1 aliphatic heterocycles. The molecule has 3 aromatic rings. The second kappa shape index (κ2) is 9.85. The third-order valence-corrected chi connectivity index (χ3v) is 6.30. The normalized spacial score (nSPS) is 14.4. The molecule has 4 rings (SSSR count). The Bertz CT molecular complexity index is 1030. The maximum atomic E-state index is 12.5. The number of hydrogen-bond acceptors (Lipinski definition) is 5. The fourth-order valence-corrected chi connectivity index (χ4v) is 4.42. The van der Waals surface area contributed by atoms with Crippen LogP contribution in [0, 0.1) is 6.92 Å². The molecule has 1 saturated heterocycles. The molecule has 1 N–H and O–H groups in total. The van der Waals surface area contributed by atoms with Crippen molar-refractivity contribution in [2.45, 2.75) is 13.3 Å². The van der Waals surface area contributed by atoms with Crippen molar-refractivity contribution >= 4 is 28.8 Å². The number of rotatable bonds is 6. The van der Waals surface area contributed by atoms with E-state index in [1.54, 1.807) is 0 Å². The molecule has 31 heavy (non-hydrogen) atoms. The molecule has 0 atom stereocenters. The minimum Gasteiger partial charge on any atom is -0.340 e. The molecule has 2 heterocycles. The molecular formula is C24H26N4O2S. The number of hydrogen-bond donors (Lipinski definition) is 1. The number of carbonyl (C=O) groups is 2. The average Bonchev–Trinajstić information content (AvgIpc) is 3.19. The third kappa shape index (κ3) is 5.77. The van der Waals surface area contributed by atoms with Gasteiger partial charge in [-0.15, -0.1) is 11.3 Å². The van der Waals surface area contributed by atoms with Gasteiger partial charge in [0.05, 0.1) is 13.0 Å². The van der Waals surface area contributed by atoms with E-state index in [0.717, 1.165) is 27.5 Å². The highest BCUT2D eigenvalue weighted by atomic mass is 32.1. The quantitative estimate of drug-likeness (QED) is 0.645. The van der Waals surface area contributed by atoms with E-state index in [1.165, 1.54) is 11.3 Å². The number of nitrogens with one attached hydrogen (secondary N) is 1. The first kappa shape index (κ1) is 21.2. The third-order valence-electron chi connectivity index (χ3n) is 5.34. The molecule has 0 aliphatic carbocycles. The molecule has 1 aromatic heterocycles. The fraction of sp³-hybridized carbons (Fsp3) is 0.292. The maximum absolute atomic E-state index is 12.5. The molecular weight excluding hydrogens is 408 g/mol. The van der Waals surface area contributed by atoms with E-state index in [4.69, 9.17) is 0 Å². The van der Waals surface area contributed by atoms with Crippen molar-refractivity contribution < 1.29 is 9.59 Å². The van der Waals surface area contributed by atoms with Crippen LogP contribution in [0.2, 0.25) is 0 Å². The molecule has 0 saturated carbocycles. The molecule has 160 valence electrons. The molecule has 1 aliphatic rings. The van der Waals surface area contributed by atoms with Gasteiger partial charge >= 0.3 is 0 Å². The van der Waals surface area contributed by atoms with Gasteiger partial charge in [0.2, 0.25) is 11.8 Å². The summed E-state index contributed by atoms with van der Waals surface area (Å²) in [5, 5.41) is 5.80. The van der Waals surface area contributed by atoms with Crippen molar-refractivity contribution in [2.24, 2.45) is 0 Å². The van der Waals surface area contributed by atoms with Crippen LogP contribution in [0.1, 0.15) is 10.7 Å². The van der Waals surface area contributed by atoms with E-state index in [2.05, 4.69) is 27.3 Å². The van der Waals surface area contributed by atoms with E-state index in [9.17, 15) is 9.59 Å². The van der Waals surface area contributed by atoms with E-state index in [1.807, 2.05) is 59.7 Å². The van der Waals surface area contributed by atoms with Crippen LogP contribution in [0.5, 0.6) is 0 Å². The molecule has 0 radical (unpaired) electrons. The summed E-state index contributed by atoms with van der Waals surface area (Å²) in [7, 11) is 0. The number of anilines is 1. The summed E-state index contributed by atoms with van der Waals surface area (Å²) in [5.74, 6) is 0.0717. The lowest BCUT2D eigenvalue weighted by Crippen LogP contribution is -2.50. The molecule has 0 spiro atoms. The molecule has 2 amide bonds. The van der Waals surface area contributed by atoms with Gasteiger partial charge in [-0.05, 0) is 30.2 Å². The lowest BCUT2D eigenvalue weighted by atomic mass is 10.1. The van der Waals surface area contributed by atoms with Crippen LogP contribution in [0.25, 0.3) is 11.1 Å². The second-order valence-electron chi connectivity index (χ2n) is 7.71. The topological polar surface area (TPSA) is 65.5 Å². The maximum Gasteiger partial charge on any atom is 0.238 e. The Labute approximate surface area is 186 Å². The van der Waals surface area contributed by atoms with Gasteiger partial charge in [-0.2, -0.15) is 0 Å². The molecule has 6 nitrogen and oxygen atoms in total. The van der Waals surface area contributed by atoms with Crippen molar-refractivity contribution in [3.05, 3.63) is 70.7 Å². The Morgan fingerprint density at radius 1 is 0.968 bits per heavy atom. The van der Waals surface area contributed by atoms with Crippen LogP contribution in [-0.2, 0) is 16.0 Å². The zero-order valence-electron chi connectivity index (χ0n) is 17.6. The number of aromatic nitrogens is 1. The molecule has 0 unspecified atom stereocenters. The van der Waals surface area contributed by atoms with Gasteiger partial charge < -0.3 is 10.2 Å². The van der Waals surface area contributed by atoms with Crippen LogP contribution in [-0.4, -0.2) is 59.3 Å². The van der Waals surface area contributed by atoms with Gasteiger partial charge in [0.1, 0.15) is 5.01 Å². The number of carbonyl (C=O) groups excluding carboxylic acids is 2. The van der Waals surface area contributed by atoms with Gasteiger partial charge in [-0.1, -0.05) is 42.5 Å². The van der Waals surface area contributed by atoms with Gasteiger partial charge in [-0.3, -0.25) is 14.5 Å². The van der Waals surface area contributed by atoms with Crippen molar-refractivity contribution in [3.63, 3.8) is 0 Å². The Morgan fingerprint density at radius 3 is 2.29 bits per heavy atom. The van der Waals surface area contributed by atoms with E-state index >= 15 is 0 Å². The van der Waals surface area contributed by atoms with Gasteiger partial charge in [0, 0.05) is 42.9 Å². The highest BCUT2D eigenvalue weighted by molar-refractivity contribution is 7.09. The van der Waals surface area contributed by atoms with Crippen LogP contribution < -0.4 is 5.32 Å². The highest BCUT2D eigenvalue weighted by Crippen LogP contribution is 2.21. The zero-order chi connectivity index (χ0) is 21.6. The van der Waals surface area contributed by atoms with Crippen LogP contribution in [0.3, 0.4) is 0 Å². The largest absolute Gasteiger partial charge is 0.340 e. The summed E-state index contributed by atoms with van der Waals surface area (Å²) >= 11 is 1.53. The smallest absolute Gasteiger partial charge is 0.238 e. The number of benzene rings is 2. The number of nitrogens with zero attached hydrogens (tertiary/aromatic N) is 3. The van der Waals surface area contributed by atoms with Gasteiger partial charge in [0.25, 0.3) is 0 Å². The first-order chi connectivity index (χ1) is 15.1. The number of amides is 2. The number of thiazole rings is 1. The Hall–Kier alpha value is -3.03. The monoisotopic (exact) mass is 434 g/mol. The van der Waals surface area contributed by atoms with E-state index in [0.29, 0.717) is 39.1 Å². The second-order valence-corrected chi connectivity index (χ2v) is 8.65.